The van der Waals surface area contributed by atoms with Crippen molar-refractivity contribution in [1.82, 2.24) is 20.1 Å². The molecule has 0 aliphatic carbocycles. The fraction of sp³-hybridized carbons (Fsp3) is 0.385. The Bertz CT molecular complexity index is 633. The highest BCUT2D eigenvalue weighted by Gasteiger charge is 2.24. The molecule has 0 atom stereocenters. The van der Waals surface area contributed by atoms with Gasteiger partial charge in [0.15, 0.2) is 11.6 Å². The van der Waals surface area contributed by atoms with Crippen molar-refractivity contribution in [1.29, 1.82) is 0 Å². The lowest BCUT2D eigenvalue weighted by Crippen LogP contribution is -2.50. The van der Waals surface area contributed by atoms with Crippen LogP contribution in [0.1, 0.15) is 5.56 Å². The number of rotatable bonds is 3. The highest BCUT2D eigenvalue weighted by atomic mass is 19.1. The summed E-state index contributed by atoms with van der Waals surface area (Å²) in [4.78, 5) is 4.00. The van der Waals surface area contributed by atoms with Crippen LogP contribution in [0, 0.1) is 18.6 Å². The molecule has 0 aromatic carbocycles. The topological polar surface area (TPSA) is 52.0 Å². The molecule has 3 heterocycles. The predicted molar refractivity (Wildman–Crippen MR) is 68.4 cm³/mol. The third kappa shape index (κ3) is 2.14. The Balaban J connectivity index is 2.04. The van der Waals surface area contributed by atoms with Crippen LogP contribution in [0.2, 0.25) is 0 Å². The highest BCUT2D eigenvalue weighted by Crippen LogP contribution is 2.28. The minimum atomic E-state index is -0.794. The average Bonchev–Trinajstić information content (AvgIpc) is 2.66. The molecule has 2 aromatic rings. The van der Waals surface area contributed by atoms with E-state index in [0.717, 1.165) is 11.6 Å². The molecule has 20 heavy (non-hydrogen) atoms. The second kappa shape index (κ2) is 4.82. The molecule has 1 saturated heterocycles. The van der Waals surface area contributed by atoms with E-state index in [1.54, 1.807) is 20.2 Å². The van der Waals surface area contributed by atoms with E-state index in [0.29, 0.717) is 18.8 Å². The average molecular weight is 280 g/mol. The normalized spacial score (nSPS) is 15.2. The molecule has 1 aliphatic heterocycles. The highest BCUT2D eigenvalue weighted by molar-refractivity contribution is 5.60. The first-order valence-corrected chi connectivity index (χ1v) is 6.28. The summed E-state index contributed by atoms with van der Waals surface area (Å²) < 4.78 is 34.6. The van der Waals surface area contributed by atoms with Crippen molar-refractivity contribution in [2.45, 2.75) is 13.0 Å². The van der Waals surface area contributed by atoms with Gasteiger partial charge in [0.05, 0.1) is 11.9 Å². The number of nitrogens with one attached hydrogen (secondary N) is 1. The van der Waals surface area contributed by atoms with Crippen molar-refractivity contribution < 1.29 is 13.5 Å². The maximum atomic E-state index is 14.0. The van der Waals surface area contributed by atoms with Crippen LogP contribution in [-0.2, 0) is 7.05 Å². The van der Waals surface area contributed by atoms with Crippen LogP contribution in [0.5, 0.6) is 5.88 Å². The van der Waals surface area contributed by atoms with Crippen LogP contribution in [0.15, 0.2) is 12.3 Å². The lowest BCUT2D eigenvalue weighted by molar-refractivity contribution is 0.129. The van der Waals surface area contributed by atoms with Crippen molar-refractivity contribution in [3.63, 3.8) is 0 Å². The zero-order chi connectivity index (χ0) is 14.3. The van der Waals surface area contributed by atoms with E-state index in [2.05, 4.69) is 15.4 Å². The summed E-state index contributed by atoms with van der Waals surface area (Å²) in [6, 6.07) is 0.802. The molecule has 1 N–H and O–H groups in total. The fourth-order valence-electron chi connectivity index (χ4n) is 2.09. The third-order valence-electron chi connectivity index (χ3n) is 3.27. The van der Waals surface area contributed by atoms with Gasteiger partial charge in [-0.2, -0.15) is 5.10 Å². The zero-order valence-electron chi connectivity index (χ0n) is 11.2. The van der Waals surface area contributed by atoms with Gasteiger partial charge in [-0.05, 0) is 12.5 Å². The molecule has 0 unspecified atom stereocenters. The van der Waals surface area contributed by atoms with Gasteiger partial charge in [-0.15, -0.1) is 0 Å². The maximum Gasteiger partial charge on any atom is 0.251 e. The standard InChI is InChI=1S/C13H14F2N4O/c1-7-4-17-19(2)12(7)11-9(14)3-10(15)13(18-11)20-8-5-16-6-8/h3-4,8,16H,5-6H2,1-2H3. The lowest BCUT2D eigenvalue weighted by Gasteiger charge is -2.27. The number of pyridine rings is 1. The van der Waals surface area contributed by atoms with Crippen LogP contribution >= 0.6 is 0 Å². The molecular weight excluding hydrogens is 266 g/mol. The molecule has 7 heteroatoms. The van der Waals surface area contributed by atoms with E-state index in [1.807, 2.05) is 0 Å². The predicted octanol–water partition coefficient (Wildman–Crippen LogP) is 1.42. The van der Waals surface area contributed by atoms with Gasteiger partial charge in [0.25, 0.3) is 5.88 Å². The first kappa shape index (κ1) is 13.0. The number of hydrogen-bond acceptors (Lipinski definition) is 4. The zero-order valence-corrected chi connectivity index (χ0v) is 11.2. The first-order valence-electron chi connectivity index (χ1n) is 6.28. The van der Waals surface area contributed by atoms with E-state index in [9.17, 15) is 8.78 Å². The van der Waals surface area contributed by atoms with Crippen molar-refractivity contribution in [3.8, 4) is 17.3 Å². The molecule has 0 bridgehead atoms. The van der Waals surface area contributed by atoms with E-state index in [4.69, 9.17) is 4.74 Å². The molecule has 0 spiro atoms. The summed E-state index contributed by atoms with van der Waals surface area (Å²) in [6.07, 6.45) is 1.49. The number of halogens is 2. The summed E-state index contributed by atoms with van der Waals surface area (Å²) in [5.74, 6) is -1.69. The molecule has 2 aromatic heterocycles. The number of aromatic nitrogens is 3. The van der Waals surface area contributed by atoms with E-state index < -0.39 is 11.6 Å². The summed E-state index contributed by atoms with van der Waals surface area (Å²) in [7, 11) is 1.68. The molecule has 1 aliphatic rings. The van der Waals surface area contributed by atoms with Crippen LogP contribution in [0.25, 0.3) is 11.4 Å². The Labute approximate surface area is 114 Å². The summed E-state index contributed by atoms with van der Waals surface area (Å²) in [5, 5.41) is 7.05. The summed E-state index contributed by atoms with van der Waals surface area (Å²) in [6.45, 7) is 3.07. The van der Waals surface area contributed by atoms with Crippen LogP contribution < -0.4 is 10.1 Å². The van der Waals surface area contributed by atoms with E-state index in [1.165, 1.54) is 4.68 Å². The second-order valence-corrected chi connectivity index (χ2v) is 4.80. The van der Waals surface area contributed by atoms with Crippen LogP contribution in [-0.4, -0.2) is 34.0 Å². The van der Waals surface area contributed by atoms with E-state index in [-0.39, 0.29) is 17.7 Å². The summed E-state index contributed by atoms with van der Waals surface area (Å²) in [5.41, 5.74) is 1.33. The Morgan fingerprint density at radius 3 is 2.65 bits per heavy atom. The van der Waals surface area contributed by atoms with Crippen LogP contribution in [0.4, 0.5) is 8.78 Å². The van der Waals surface area contributed by atoms with Crippen LogP contribution in [0.3, 0.4) is 0 Å². The number of aryl methyl sites for hydroxylation is 2. The SMILES string of the molecule is Cc1cnn(C)c1-c1nc(OC2CNC2)c(F)cc1F. The molecular formula is C13H14F2N4O. The van der Waals surface area contributed by atoms with Crippen molar-refractivity contribution in [2.24, 2.45) is 7.05 Å². The molecule has 3 rings (SSSR count). The van der Waals surface area contributed by atoms with Gasteiger partial charge in [-0.1, -0.05) is 0 Å². The minimum Gasteiger partial charge on any atom is -0.470 e. The van der Waals surface area contributed by atoms with Gasteiger partial charge in [-0.25, -0.2) is 13.8 Å². The lowest BCUT2D eigenvalue weighted by atomic mass is 10.2. The molecule has 0 amide bonds. The van der Waals surface area contributed by atoms with Gasteiger partial charge >= 0.3 is 0 Å². The van der Waals surface area contributed by atoms with Gasteiger partial charge in [0, 0.05) is 26.2 Å². The molecule has 1 fully saturated rings. The Morgan fingerprint density at radius 2 is 2.10 bits per heavy atom. The Morgan fingerprint density at radius 1 is 1.35 bits per heavy atom. The number of hydrogen-bond donors (Lipinski definition) is 1. The summed E-state index contributed by atoms with van der Waals surface area (Å²) >= 11 is 0. The molecule has 0 radical (unpaired) electrons. The number of ether oxygens (including phenoxy) is 1. The van der Waals surface area contributed by atoms with Gasteiger partial charge < -0.3 is 10.1 Å². The van der Waals surface area contributed by atoms with Crippen molar-refractivity contribution in [3.05, 3.63) is 29.5 Å². The first-order chi connectivity index (χ1) is 9.56. The third-order valence-corrected chi connectivity index (χ3v) is 3.27. The minimum absolute atomic E-state index is 0.0474. The molecule has 106 valence electrons. The second-order valence-electron chi connectivity index (χ2n) is 4.80. The van der Waals surface area contributed by atoms with E-state index >= 15 is 0 Å². The van der Waals surface area contributed by atoms with Gasteiger partial charge in [0.1, 0.15) is 11.8 Å². The quantitative estimate of drug-likeness (QED) is 0.924. The maximum absolute atomic E-state index is 14.0. The van der Waals surface area contributed by atoms with Gasteiger partial charge in [-0.3, -0.25) is 4.68 Å². The fourth-order valence-corrected chi connectivity index (χ4v) is 2.09. The van der Waals surface area contributed by atoms with Crippen molar-refractivity contribution in [2.75, 3.05) is 13.1 Å². The molecule has 5 nitrogen and oxygen atoms in total. The molecule has 0 saturated carbocycles. The smallest absolute Gasteiger partial charge is 0.251 e. The van der Waals surface area contributed by atoms with Crippen molar-refractivity contribution >= 4 is 0 Å². The monoisotopic (exact) mass is 280 g/mol. The largest absolute Gasteiger partial charge is 0.470 e. The number of nitrogens with zero attached hydrogens (tertiary/aromatic N) is 3. The Hall–Kier alpha value is -2.02. The Kier molecular flexibility index (Phi) is 3.13. The van der Waals surface area contributed by atoms with Gasteiger partial charge in [0.2, 0.25) is 0 Å².